The highest BCUT2D eigenvalue weighted by atomic mass is 15.1. The molecule has 0 atom stereocenters. The third-order valence-electron chi connectivity index (χ3n) is 4.58. The average Bonchev–Trinajstić information content (AvgIpc) is 2.77. The van der Waals surface area contributed by atoms with E-state index < -0.39 is 0 Å². The number of anilines is 4. The SMILES string of the molecule is C=C/C(=C\C=C/C)N(c1ccccc1)c1ccc(N(C)c2ccccc2)cc1. The maximum Gasteiger partial charge on any atom is 0.0463 e. The summed E-state index contributed by atoms with van der Waals surface area (Å²) >= 11 is 0. The Balaban J connectivity index is 1.98. The number of allylic oxidation sites excluding steroid dienone is 4. The largest absolute Gasteiger partial charge is 0.345 e. The third kappa shape index (κ3) is 4.41. The molecule has 0 aliphatic heterocycles. The Morgan fingerprint density at radius 1 is 0.714 bits per heavy atom. The zero-order valence-electron chi connectivity index (χ0n) is 16.5. The molecule has 3 aromatic rings. The van der Waals surface area contributed by atoms with Crippen LogP contribution in [0.15, 0.2) is 122 Å². The summed E-state index contributed by atoms with van der Waals surface area (Å²) in [5.74, 6) is 0. The number of hydrogen-bond donors (Lipinski definition) is 0. The molecular formula is C26H26N2. The van der Waals surface area contributed by atoms with E-state index >= 15 is 0 Å². The fraction of sp³-hybridized carbons (Fsp3) is 0.0769. The molecule has 0 aliphatic carbocycles. The molecule has 3 rings (SSSR count). The molecule has 0 bridgehead atoms. The molecule has 140 valence electrons. The monoisotopic (exact) mass is 366 g/mol. The van der Waals surface area contributed by atoms with E-state index in [0.717, 1.165) is 28.4 Å². The maximum atomic E-state index is 4.02. The molecule has 0 spiro atoms. The van der Waals surface area contributed by atoms with Crippen LogP contribution in [-0.4, -0.2) is 7.05 Å². The normalized spacial score (nSPS) is 11.4. The van der Waals surface area contributed by atoms with Gasteiger partial charge in [0.2, 0.25) is 0 Å². The van der Waals surface area contributed by atoms with Crippen LogP contribution < -0.4 is 9.80 Å². The van der Waals surface area contributed by atoms with Gasteiger partial charge in [0.1, 0.15) is 0 Å². The predicted octanol–water partition coefficient (Wildman–Crippen LogP) is 7.24. The van der Waals surface area contributed by atoms with Gasteiger partial charge in [-0.05, 0) is 67.6 Å². The van der Waals surface area contributed by atoms with Crippen molar-refractivity contribution in [1.82, 2.24) is 0 Å². The first kappa shape index (κ1) is 19.2. The molecule has 0 saturated carbocycles. The minimum atomic E-state index is 1.02. The zero-order chi connectivity index (χ0) is 19.8. The zero-order valence-corrected chi connectivity index (χ0v) is 16.5. The van der Waals surface area contributed by atoms with Crippen molar-refractivity contribution in [3.05, 3.63) is 122 Å². The van der Waals surface area contributed by atoms with Crippen molar-refractivity contribution in [3.63, 3.8) is 0 Å². The molecule has 0 radical (unpaired) electrons. The lowest BCUT2D eigenvalue weighted by molar-refractivity contribution is 1.19. The average molecular weight is 367 g/mol. The molecule has 2 heteroatoms. The summed E-state index contributed by atoms with van der Waals surface area (Å²) in [6.45, 7) is 6.03. The van der Waals surface area contributed by atoms with E-state index in [1.807, 2.05) is 37.3 Å². The summed E-state index contributed by atoms with van der Waals surface area (Å²) in [6.07, 6.45) is 8.01. The van der Waals surface area contributed by atoms with Crippen LogP contribution in [-0.2, 0) is 0 Å². The van der Waals surface area contributed by atoms with Crippen LogP contribution in [0, 0.1) is 0 Å². The molecular weight excluding hydrogens is 340 g/mol. The highest BCUT2D eigenvalue weighted by molar-refractivity contribution is 5.73. The lowest BCUT2D eigenvalue weighted by Gasteiger charge is -2.27. The lowest BCUT2D eigenvalue weighted by Crippen LogP contribution is -2.15. The van der Waals surface area contributed by atoms with Crippen molar-refractivity contribution in [2.75, 3.05) is 16.8 Å². The summed E-state index contributed by atoms with van der Waals surface area (Å²) in [7, 11) is 2.08. The van der Waals surface area contributed by atoms with Crippen molar-refractivity contribution in [2.24, 2.45) is 0 Å². The molecule has 0 amide bonds. The molecule has 0 N–H and O–H groups in total. The minimum Gasteiger partial charge on any atom is -0.345 e. The second-order valence-corrected chi connectivity index (χ2v) is 6.40. The molecule has 0 unspecified atom stereocenters. The smallest absolute Gasteiger partial charge is 0.0463 e. The van der Waals surface area contributed by atoms with Crippen molar-refractivity contribution < 1.29 is 0 Å². The molecule has 2 nitrogen and oxygen atoms in total. The molecule has 0 fully saturated rings. The molecule has 3 aromatic carbocycles. The van der Waals surface area contributed by atoms with E-state index in [0.29, 0.717) is 0 Å². The van der Waals surface area contributed by atoms with E-state index in [2.05, 4.69) is 102 Å². The number of para-hydroxylation sites is 2. The van der Waals surface area contributed by atoms with Crippen molar-refractivity contribution >= 4 is 22.7 Å². The summed E-state index contributed by atoms with van der Waals surface area (Å²) < 4.78 is 0. The first-order valence-electron chi connectivity index (χ1n) is 9.44. The van der Waals surface area contributed by atoms with Gasteiger partial charge < -0.3 is 9.80 Å². The standard InChI is InChI=1S/C26H26N2/c1-4-6-13-22(5-2)28(25-16-11-8-12-17-25)26-20-18-24(19-21-26)27(3)23-14-9-7-10-15-23/h4-21H,2H2,1,3H3/b6-4-,22-13+. The number of benzene rings is 3. The van der Waals surface area contributed by atoms with Gasteiger partial charge in [0.05, 0.1) is 0 Å². The van der Waals surface area contributed by atoms with Gasteiger partial charge in [-0.3, -0.25) is 0 Å². The van der Waals surface area contributed by atoms with Gasteiger partial charge in [-0.15, -0.1) is 0 Å². The second-order valence-electron chi connectivity index (χ2n) is 6.40. The first-order valence-corrected chi connectivity index (χ1v) is 9.44. The second kappa shape index (κ2) is 9.43. The fourth-order valence-corrected chi connectivity index (χ4v) is 3.08. The summed E-state index contributed by atoms with van der Waals surface area (Å²) in [5.41, 5.74) is 5.51. The molecule has 28 heavy (non-hydrogen) atoms. The fourth-order valence-electron chi connectivity index (χ4n) is 3.08. The minimum absolute atomic E-state index is 1.02. The van der Waals surface area contributed by atoms with E-state index in [1.165, 1.54) is 0 Å². The molecule has 0 heterocycles. The first-order chi connectivity index (χ1) is 13.7. The van der Waals surface area contributed by atoms with Crippen LogP contribution >= 0.6 is 0 Å². The van der Waals surface area contributed by atoms with E-state index in [1.54, 1.807) is 0 Å². The summed E-state index contributed by atoms with van der Waals surface area (Å²) in [5, 5.41) is 0. The molecule has 0 saturated heterocycles. The van der Waals surface area contributed by atoms with Crippen LogP contribution in [0.25, 0.3) is 0 Å². The van der Waals surface area contributed by atoms with Crippen LogP contribution in [0.3, 0.4) is 0 Å². The maximum absolute atomic E-state index is 4.02. The van der Waals surface area contributed by atoms with Crippen molar-refractivity contribution in [2.45, 2.75) is 6.92 Å². The van der Waals surface area contributed by atoms with Crippen LogP contribution in [0.4, 0.5) is 22.7 Å². The number of nitrogens with zero attached hydrogens (tertiary/aromatic N) is 2. The Bertz CT molecular complexity index is 939. The lowest BCUT2D eigenvalue weighted by atomic mass is 10.1. The molecule has 0 aromatic heterocycles. The van der Waals surface area contributed by atoms with Gasteiger partial charge in [-0.2, -0.15) is 0 Å². The van der Waals surface area contributed by atoms with Gasteiger partial charge in [0, 0.05) is 35.5 Å². The summed E-state index contributed by atoms with van der Waals surface area (Å²) in [6, 6.07) is 29.3. The van der Waals surface area contributed by atoms with Gasteiger partial charge >= 0.3 is 0 Å². The third-order valence-corrected chi connectivity index (χ3v) is 4.58. The molecule has 0 aliphatic rings. The van der Waals surface area contributed by atoms with Gasteiger partial charge in [-0.25, -0.2) is 0 Å². The summed E-state index contributed by atoms with van der Waals surface area (Å²) in [4.78, 5) is 4.39. The van der Waals surface area contributed by atoms with E-state index in [-0.39, 0.29) is 0 Å². The topological polar surface area (TPSA) is 6.48 Å². The Kier molecular flexibility index (Phi) is 6.48. The Morgan fingerprint density at radius 2 is 1.18 bits per heavy atom. The van der Waals surface area contributed by atoms with Crippen LogP contribution in [0.2, 0.25) is 0 Å². The van der Waals surface area contributed by atoms with Crippen LogP contribution in [0.1, 0.15) is 6.92 Å². The van der Waals surface area contributed by atoms with Crippen molar-refractivity contribution in [3.8, 4) is 0 Å². The number of hydrogen-bond acceptors (Lipinski definition) is 2. The quantitative estimate of drug-likeness (QED) is 0.407. The van der Waals surface area contributed by atoms with Gasteiger partial charge in [0.15, 0.2) is 0 Å². The highest BCUT2D eigenvalue weighted by Gasteiger charge is 2.13. The predicted molar refractivity (Wildman–Crippen MR) is 123 cm³/mol. The van der Waals surface area contributed by atoms with Gasteiger partial charge in [-0.1, -0.05) is 55.1 Å². The van der Waals surface area contributed by atoms with E-state index in [9.17, 15) is 0 Å². The number of rotatable bonds is 7. The van der Waals surface area contributed by atoms with Crippen LogP contribution in [0.5, 0.6) is 0 Å². The Labute approximate surface area is 168 Å². The Hall–Kier alpha value is -3.52. The van der Waals surface area contributed by atoms with E-state index in [4.69, 9.17) is 0 Å². The Morgan fingerprint density at radius 3 is 1.71 bits per heavy atom. The van der Waals surface area contributed by atoms with Crippen molar-refractivity contribution in [1.29, 1.82) is 0 Å². The highest BCUT2D eigenvalue weighted by Crippen LogP contribution is 2.32. The van der Waals surface area contributed by atoms with Gasteiger partial charge in [0.25, 0.3) is 0 Å².